The largest absolute Gasteiger partial charge is 0.401 e. The molecule has 0 fully saturated rings. The third-order valence-electron chi connectivity index (χ3n) is 1.04. The first-order chi connectivity index (χ1) is 4.95. The second-order valence-electron chi connectivity index (χ2n) is 2.11. The highest BCUT2D eigenvalue weighted by Crippen LogP contribution is 2.11. The summed E-state index contributed by atoms with van der Waals surface area (Å²) in [5.74, 6) is -0.214. The molecule has 0 aromatic rings. The molecule has 0 aromatic heterocycles. The normalized spacial score (nSPS) is 11.6. The minimum atomic E-state index is -4.23. The Hall–Kier alpha value is -0.580. The molecule has 0 heterocycles. The Bertz CT molecular complexity index is 132. The Morgan fingerprint density at radius 3 is 2.36 bits per heavy atom. The summed E-state index contributed by atoms with van der Waals surface area (Å²) >= 11 is 0. The van der Waals surface area contributed by atoms with E-state index in [4.69, 9.17) is 0 Å². The summed E-state index contributed by atoms with van der Waals surface area (Å²) in [5.41, 5.74) is 0. The number of nitrogens with one attached hydrogen (secondary N) is 1. The van der Waals surface area contributed by atoms with E-state index in [1.807, 2.05) is 5.32 Å². The minimum Gasteiger partial charge on any atom is -0.302 e. The van der Waals surface area contributed by atoms with Crippen molar-refractivity contribution in [3.05, 3.63) is 0 Å². The first-order valence-corrected chi connectivity index (χ1v) is 3.25. The molecule has 0 amide bonds. The van der Waals surface area contributed by atoms with E-state index < -0.39 is 12.7 Å². The van der Waals surface area contributed by atoms with Gasteiger partial charge in [-0.1, -0.05) is 6.92 Å². The lowest BCUT2D eigenvalue weighted by atomic mass is 10.3. The van der Waals surface area contributed by atoms with E-state index in [0.717, 1.165) is 0 Å². The van der Waals surface area contributed by atoms with Crippen molar-refractivity contribution < 1.29 is 18.0 Å². The second kappa shape index (κ2) is 4.33. The standard InChI is InChI=1S/C6H10F3NO/c1-2-5(11)3-10-4-6(7,8)9/h10H,2-4H2,1H3. The van der Waals surface area contributed by atoms with Gasteiger partial charge in [0.2, 0.25) is 0 Å². The third-order valence-corrected chi connectivity index (χ3v) is 1.04. The third kappa shape index (κ3) is 7.32. The predicted molar refractivity (Wildman–Crippen MR) is 34.2 cm³/mol. The molecule has 5 heteroatoms. The highest BCUT2D eigenvalue weighted by molar-refractivity contribution is 5.80. The monoisotopic (exact) mass is 169 g/mol. The van der Waals surface area contributed by atoms with Gasteiger partial charge < -0.3 is 5.32 Å². The quantitative estimate of drug-likeness (QED) is 0.683. The topological polar surface area (TPSA) is 29.1 Å². The van der Waals surface area contributed by atoms with Crippen LogP contribution in [0.4, 0.5) is 13.2 Å². The first kappa shape index (κ1) is 10.4. The van der Waals surface area contributed by atoms with Crippen LogP contribution in [-0.4, -0.2) is 25.0 Å². The Morgan fingerprint density at radius 2 is 2.00 bits per heavy atom. The van der Waals surface area contributed by atoms with Crippen LogP contribution < -0.4 is 5.32 Å². The van der Waals surface area contributed by atoms with Gasteiger partial charge in [-0.2, -0.15) is 13.2 Å². The molecule has 0 saturated carbocycles. The van der Waals surface area contributed by atoms with E-state index in [1.165, 1.54) is 0 Å². The van der Waals surface area contributed by atoms with E-state index in [0.29, 0.717) is 0 Å². The van der Waals surface area contributed by atoms with E-state index in [-0.39, 0.29) is 18.7 Å². The summed E-state index contributed by atoms with van der Waals surface area (Å²) in [6.45, 7) is 0.312. The number of hydrogen-bond acceptors (Lipinski definition) is 2. The van der Waals surface area contributed by atoms with Crippen LogP contribution in [-0.2, 0) is 4.79 Å². The molecular weight excluding hydrogens is 159 g/mol. The van der Waals surface area contributed by atoms with Gasteiger partial charge in [0.25, 0.3) is 0 Å². The maximum Gasteiger partial charge on any atom is 0.401 e. The Kier molecular flexibility index (Phi) is 4.10. The molecule has 0 unspecified atom stereocenters. The zero-order chi connectivity index (χ0) is 8.91. The van der Waals surface area contributed by atoms with Gasteiger partial charge in [0.15, 0.2) is 0 Å². The number of halogens is 3. The highest BCUT2D eigenvalue weighted by atomic mass is 19.4. The van der Waals surface area contributed by atoms with Gasteiger partial charge in [-0.25, -0.2) is 0 Å². The molecule has 11 heavy (non-hydrogen) atoms. The fourth-order valence-corrected chi connectivity index (χ4v) is 0.469. The number of carbonyl (C=O) groups is 1. The predicted octanol–water partition coefficient (Wildman–Crippen LogP) is 1.12. The van der Waals surface area contributed by atoms with Crippen molar-refractivity contribution in [1.82, 2.24) is 5.32 Å². The van der Waals surface area contributed by atoms with Gasteiger partial charge in [-0.05, 0) is 0 Å². The number of carbonyl (C=O) groups excluding carboxylic acids is 1. The zero-order valence-electron chi connectivity index (χ0n) is 6.16. The molecule has 1 N–H and O–H groups in total. The van der Waals surface area contributed by atoms with Gasteiger partial charge in [0.05, 0.1) is 13.1 Å². The Balaban J connectivity index is 3.35. The summed E-state index contributed by atoms with van der Waals surface area (Å²) in [4.78, 5) is 10.5. The maximum absolute atomic E-state index is 11.4. The van der Waals surface area contributed by atoms with Gasteiger partial charge in [0.1, 0.15) is 5.78 Å². The lowest BCUT2D eigenvalue weighted by Crippen LogP contribution is -2.32. The minimum absolute atomic E-state index is 0.198. The van der Waals surface area contributed by atoms with E-state index >= 15 is 0 Å². The smallest absolute Gasteiger partial charge is 0.302 e. The molecule has 0 aliphatic rings. The molecule has 0 aliphatic heterocycles. The number of Topliss-reactive ketones (excluding diaryl/α,β-unsaturated/α-hetero) is 1. The van der Waals surface area contributed by atoms with Crippen molar-refractivity contribution in [2.75, 3.05) is 13.1 Å². The fourth-order valence-electron chi connectivity index (χ4n) is 0.469. The Morgan fingerprint density at radius 1 is 1.45 bits per heavy atom. The summed E-state index contributed by atoms with van der Waals surface area (Å²) in [6, 6.07) is 0. The SMILES string of the molecule is CCC(=O)CNCC(F)(F)F. The number of rotatable bonds is 4. The average molecular weight is 169 g/mol. The van der Waals surface area contributed by atoms with Crippen molar-refractivity contribution in [3.8, 4) is 0 Å². The molecular formula is C6H10F3NO. The molecule has 66 valence electrons. The molecule has 0 radical (unpaired) electrons. The summed E-state index contributed by atoms with van der Waals surface area (Å²) < 4.78 is 34.3. The molecule has 0 spiro atoms. The van der Waals surface area contributed by atoms with Crippen molar-refractivity contribution in [2.24, 2.45) is 0 Å². The van der Waals surface area contributed by atoms with Crippen LogP contribution in [0.2, 0.25) is 0 Å². The number of hydrogen-bond donors (Lipinski definition) is 1. The number of ketones is 1. The van der Waals surface area contributed by atoms with Crippen LogP contribution >= 0.6 is 0 Å². The van der Waals surface area contributed by atoms with Gasteiger partial charge in [-0.3, -0.25) is 4.79 Å². The van der Waals surface area contributed by atoms with Crippen LogP contribution in [0.3, 0.4) is 0 Å². The zero-order valence-corrected chi connectivity index (χ0v) is 6.16. The van der Waals surface area contributed by atoms with Crippen molar-refractivity contribution >= 4 is 5.78 Å². The molecule has 0 aromatic carbocycles. The van der Waals surface area contributed by atoms with Crippen LogP contribution in [0, 0.1) is 0 Å². The summed E-state index contributed by atoms with van der Waals surface area (Å²) in [6.07, 6.45) is -3.96. The van der Waals surface area contributed by atoms with Crippen molar-refractivity contribution in [2.45, 2.75) is 19.5 Å². The molecule has 2 nitrogen and oxygen atoms in total. The summed E-state index contributed by atoms with van der Waals surface area (Å²) in [7, 11) is 0. The average Bonchev–Trinajstić information content (AvgIpc) is 1.85. The van der Waals surface area contributed by atoms with Crippen LogP contribution in [0.15, 0.2) is 0 Å². The van der Waals surface area contributed by atoms with Gasteiger partial charge in [0, 0.05) is 6.42 Å². The molecule has 0 atom stereocenters. The van der Waals surface area contributed by atoms with Gasteiger partial charge >= 0.3 is 6.18 Å². The van der Waals surface area contributed by atoms with E-state index in [9.17, 15) is 18.0 Å². The lowest BCUT2D eigenvalue weighted by molar-refractivity contribution is -0.127. The van der Waals surface area contributed by atoms with E-state index in [1.54, 1.807) is 6.92 Å². The van der Waals surface area contributed by atoms with Crippen molar-refractivity contribution in [1.29, 1.82) is 0 Å². The second-order valence-corrected chi connectivity index (χ2v) is 2.11. The summed E-state index contributed by atoms with van der Waals surface area (Å²) in [5, 5.41) is 2.00. The molecule has 0 bridgehead atoms. The number of alkyl halides is 3. The molecule has 0 rings (SSSR count). The molecule has 0 saturated heterocycles. The lowest BCUT2D eigenvalue weighted by Gasteiger charge is -2.06. The maximum atomic E-state index is 11.4. The van der Waals surface area contributed by atoms with Crippen molar-refractivity contribution in [3.63, 3.8) is 0 Å². The molecule has 0 aliphatic carbocycles. The van der Waals surface area contributed by atoms with E-state index in [2.05, 4.69) is 0 Å². The first-order valence-electron chi connectivity index (χ1n) is 3.25. The Labute approximate surface area is 62.8 Å². The fraction of sp³-hybridized carbons (Fsp3) is 0.833. The van der Waals surface area contributed by atoms with Crippen LogP contribution in [0.25, 0.3) is 0 Å². The van der Waals surface area contributed by atoms with Gasteiger partial charge in [-0.15, -0.1) is 0 Å². The van der Waals surface area contributed by atoms with Crippen LogP contribution in [0.5, 0.6) is 0 Å². The van der Waals surface area contributed by atoms with Crippen LogP contribution in [0.1, 0.15) is 13.3 Å². The highest BCUT2D eigenvalue weighted by Gasteiger charge is 2.26.